The van der Waals surface area contributed by atoms with Gasteiger partial charge in [0.2, 0.25) is 5.91 Å². The number of urea groups is 1. The van der Waals surface area contributed by atoms with E-state index in [4.69, 9.17) is 5.73 Å². The molecule has 1 heterocycles. The molecule has 1 saturated heterocycles. The number of halogens is 3. The van der Waals surface area contributed by atoms with E-state index in [1.165, 1.54) is 23.1 Å². The van der Waals surface area contributed by atoms with Gasteiger partial charge in [-0.25, -0.2) is 4.79 Å². The van der Waals surface area contributed by atoms with Gasteiger partial charge in [0.15, 0.2) is 0 Å². The van der Waals surface area contributed by atoms with E-state index >= 15 is 0 Å². The topological polar surface area (TPSA) is 75.9 Å². The van der Waals surface area contributed by atoms with Crippen LogP contribution in [0.5, 0.6) is 5.75 Å². The molecule has 0 aromatic heterocycles. The highest BCUT2D eigenvalue weighted by Gasteiger charge is 2.31. The van der Waals surface area contributed by atoms with E-state index in [0.29, 0.717) is 38.2 Å². The number of primary amides is 1. The van der Waals surface area contributed by atoms with Gasteiger partial charge in [0, 0.05) is 26.2 Å². The average Bonchev–Trinajstić information content (AvgIpc) is 2.71. The highest BCUT2D eigenvalue weighted by Crippen LogP contribution is 2.23. The van der Waals surface area contributed by atoms with Crippen LogP contribution in [0.4, 0.5) is 18.0 Å². The van der Waals surface area contributed by atoms with E-state index in [2.05, 4.69) is 4.74 Å². The molecule has 3 amide bonds. The molecule has 6 nitrogen and oxygen atoms in total. The first-order valence-corrected chi connectivity index (χ1v) is 7.41. The van der Waals surface area contributed by atoms with Gasteiger partial charge in [0.25, 0.3) is 0 Å². The number of carbonyl (C=O) groups excluding carboxylic acids is 2. The van der Waals surface area contributed by atoms with Crippen molar-refractivity contribution in [2.45, 2.75) is 19.2 Å². The Morgan fingerprint density at radius 3 is 2.46 bits per heavy atom. The third-order valence-corrected chi connectivity index (χ3v) is 3.65. The highest BCUT2D eigenvalue weighted by atomic mass is 19.4. The predicted molar refractivity (Wildman–Crippen MR) is 79.2 cm³/mol. The first kappa shape index (κ1) is 17.9. The van der Waals surface area contributed by atoms with Crippen molar-refractivity contribution in [3.63, 3.8) is 0 Å². The molecule has 0 bridgehead atoms. The Labute approximate surface area is 137 Å². The zero-order chi connectivity index (χ0) is 17.7. The van der Waals surface area contributed by atoms with E-state index in [-0.39, 0.29) is 18.1 Å². The maximum Gasteiger partial charge on any atom is 0.573 e. The lowest BCUT2D eigenvalue weighted by Crippen LogP contribution is -2.40. The largest absolute Gasteiger partial charge is 0.573 e. The van der Waals surface area contributed by atoms with Crippen molar-refractivity contribution in [2.75, 3.05) is 26.2 Å². The maximum atomic E-state index is 12.3. The van der Waals surface area contributed by atoms with Crippen molar-refractivity contribution >= 4 is 11.9 Å². The number of ether oxygens (including phenoxy) is 1. The van der Waals surface area contributed by atoms with Crippen molar-refractivity contribution in [3.05, 3.63) is 29.8 Å². The molecule has 0 aliphatic carbocycles. The van der Waals surface area contributed by atoms with Crippen LogP contribution in [0.1, 0.15) is 12.0 Å². The molecule has 1 aromatic rings. The lowest BCUT2D eigenvalue weighted by atomic mass is 10.1. The smallest absolute Gasteiger partial charge is 0.406 e. The van der Waals surface area contributed by atoms with Crippen LogP contribution in [0.15, 0.2) is 24.3 Å². The van der Waals surface area contributed by atoms with Gasteiger partial charge >= 0.3 is 12.4 Å². The number of benzene rings is 1. The number of nitrogens with zero attached hydrogens (tertiary/aromatic N) is 2. The third-order valence-electron chi connectivity index (χ3n) is 3.65. The Bertz CT molecular complexity index is 607. The minimum atomic E-state index is -4.77. The molecule has 2 N–H and O–H groups in total. The molecule has 1 aromatic carbocycles. The molecule has 0 saturated carbocycles. The molecule has 2 rings (SSSR count). The quantitative estimate of drug-likeness (QED) is 0.907. The molecule has 0 atom stereocenters. The average molecular weight is 345 g/mol. The van der Waals surface area contributed by atoms with Crippen LogP contribution in [0.3, 0.4) is 0 Å². The molecule has 132 valence electrons. The molecule has 0 spiro atoms. The number of hydrogen-bond donors (Lipinski definition) is 1. The van der Waals surface area contributed by atoms with Crippen LogP contribution >= 0.6 is 0 Å². The standard InChI is InChI=1S/C15H18F3N3O3/c16-15(17,18)24-12-4-1-3-11(9-12)10-13(22)20-5-2-6-21(8-7-20)14(19)23/h1,3-4,9H,2,5-8,10H2,(H2,19,23). The van der Waals surface area contributed by atoms with Gasteiger partial charge in [-0.05, 0) is 24.1 Å². The lowest BCUT2D eigenvalue weighted by molar-refractivity contribution is -0.274. The molecular weight excluding hydrogens is 327 g/mol. The minimum Gasteiger partial charge on any atom is -0.406 e. The fraction of sp³-hybridized carbons (Fsp3) is 0.467. The van der Waals surface area contributed by atoms with E-state index in [0.717, 1.165) is 0 Å². The van der Waals surface area contributed by atoms with Gasteiger partial charge in [-0.3, -0.25) is 4.79 Å². The van der Waals surface area contributed by atoms with Gasteiger partial charge in [0.05, 0.1) is 6.42 Å². The van der Waals surface area contributed by atoms with Crippen molar-refractivity contribution in [2.24, 2.45) is 5.73 Å². The second-order valence-electron chi connectivity index (χ2n) is 5.43. The van der Waals surface area contributed by atoms with E-state index in [1.807, 2.05) is 0 Å². The molecule has 1 aliphatic heterocycles. The monoisotopic (exact) mass is 345 g/mol. The van der Waals surface area contributed by atoms with Gasteiger partial charge in [0.1, 0.15) is 5.75 Å². The molecule has 0 radical (unpaired) electrons. The predicted octanol–water partition coefficient (Wildman–Crippen LogP) is 1.74. The van der Waals surface area contributed by atoms with E-state index in [1.54, 1.807) is 11.0 Å². The van der Waals surface area contributed by atoms with Crippen LogP contribution in [-0.2, 0) is 11.2 Å². The lowest BCUT2D eigenvalue weighted by Gasteiger charge is -2.21. The zero-order valence-electron chi connectivity index (χ0n) is 12.9. The van der Waals surface area contributed by atoms with Crippen LogP contribution in [0.25, 0.3) is 0 Å². The Balaban J connectivity index is 1.97. The number of hydrogen-bond acceptors (Lipinski definition) is 3. The third kappa shape index (κ3) is 5.32. The summed E-state index contributed by atoms with van der Waals surface area (Å²) in [6.45, 7) is 1.65. The Kier molecular flexibility index (Phi) is 5.53. The van der Waals surface area contributed by atoms with Crippen molar-refractivity contribution in [3.8, 4) is 5.75 Å². The summed E-state index contributed by atoms with van der Waals surface area (Å²) in [4.78, 5) is 26.5. The molecule has 0 unspecified atom stereocenters. The summed E-state index contributed by atoms with van der Waals surface area (Å²) in [7, 11) is 0. The van der Waals surface area contributed by atoms with Gasteiger partial charge in [-0.1, -0.05) is 12.1 Å². The summed E-state index contributed by atoms with van der Waals surface area (Å²) < 4.78 is 40.5. The van der Waals surface area contributed by atoms with E-state index in [9.17, 15) is 22.8 Å². The zero-order valence-corrected chi connectivity index (χ0v) is 12.9. The Morgan fingerprint density at radius 2 is 1.79 bits per heavy atom. The Hall–Kier alpha value is -2.45. The summed E-state index contributed by atoms with van der Waals surface area (Å²) in [6, 6.07) is 4.81. The fourth-order valence-electron chi connectivity index (χ4n) is 2.53. The first-order valence-electron chi connectivity index (χ1n) is 7.41. The molecule has 24 heavy (non-hydrogen) atoms. The summed E-state index contributed by atoms with van der Waals surface area (Å²) in [5.74, 6) is -0.575. The summed E-state index contributed by atoms with van der Waals surface area (Å²) >= 11 is 0. The van der Waals surface area contributed by atoms with Crippen LogP contribution < -0.4 is 10.5 Å². The van der Waals surface area contributed by atoms with Crippen LogP contribution in [0.2, 0.25) is 0 Å². The van der Waals surface area contributed by atoms with E-state index < -0.39 is 12.4 Å². The number of alkyl halides is 3. The number of amides is 3. The second-order valence-corrected chi connectivity index (χ2v) is 5.43. The summed E-state index contributed by atoms with van der Waals surface area (Å²) in [5.41, 5.74) is 5.66. The summed E-state index contributed by atoms with van der Waals surface area (Å²) in [6.07, 6.45) is -4.21. The van der Waals surface area contributed by atoms with Crippen LogP contribution in [-0.4, -0.2) is 54.3 Å². The van der Waals surface area contributed by atoms with Gasteiger partial charge < -0.3 is 20.3 Å². The van der Waals surface area contributed by atoms with Crippen molar-refractivity contribution < 1.29 is 27.5 Å². The fourth-order valence-corrected chi connectivity index (χ4v) is 2.53. The van der Waals surface area contributed by atoms with Crippen LogP contribution in [0, 0.1) is 0 Å². The maximum absolute atomic E-state index is 12.3. The van der Waals surface area contributed by atoms with Gasteiger partial charge in [-0.2, -0.15) is 0 Å². The molecule has 1 fully saturated rings. The van der Waals surface area contributed by atoms with Crippen molar-refractivity contribution in [1.29, 1.82) is 0 Å². The number of rotatable bonds is 3. The number of nitrogens with two attached hydrogens (primary N) is 1. The second kappa shape index (κ2) is 7.41. The van der Waals surface area contributed by atoms with Gasteiger partial charge in [-0.15, -0.1) is 13.2 Å². The SMILES string of the molecule is NC(=O)N1CCCN(C(=O)Cc2cccc(OC(F)(F)F)c2)CC1. The van der Waals surface area contributed by atoms with Crippen molar-refractivity contribution in [1.82, 2.24) is 9.80 Å². The Morgan fingerprint density at radius 1 is 1.12 bits per heavy atom. The normalized spacial score (nSPS) is 15.8. The minimum absolute atomic E-state index is 0.0361. The number of carbonyl (C=O) groups is 2. The first-order chi connectivity index (χ1) is 11.2. The highest BCUT2D eigenvalue weighted by molar-refractivity contribution is 5.79. The summed E-state index contributed by atoms with van der Waals surface area (Å²) in [5, 5.41) is 0. The molecular formula is C15H18F3N3O3. The molecule has 1 aliphatic rings. The molecule has 9 heteroatoms.